The minimum Gasteiger partial charge on any atom is -0.462 e. The van der Waals surface area contributed by atoms with Crippen LogP contribution in [0.3, 0.4) is 0 Å². The van der Waals surface area contributed by atoms with Crippen molar-refractivity contribution in [1.82, 2.24) is 0 Å². The van der Waals surface area contributed by atoms with Crippen LogP contribution in [0.1, 0.15) is 335 Å². The van der Waals surface area contributed by atoms with E-state index in [2.05, 4.69) is 160 Å². The molecule has 0 aromatic heterocycles. The lowest BCUT2D eigenvalue weighted by Crippen LogP contribution is -2.29. The standard InChI is InChI=1S/C83H142NO8P/c1-3-5-7-9-11-13-15-17-19-21-23-25-27-29-31-33-35-37-39-40-42-44-46-48-50-52-54-56-58-60-62-64-66-68-70-72-74-76-83(86)92-81(80-91-93(87,88)90-78-77-84)79-89-82(85)75-73-71-69-67-65-63-61-59-57-55-53-51-49-47-45-43-41-38-36-34-32-30-28-26-24-22-20-18-16-14-12-10-8-6-4-2/h5-8,11-14,17-20,23-26,29-32,35,37,40,42,81H,3-4,9-10,15-16,21-22,27-28,33-34,36,38-39,41,43-80,84H2,1-2H3,(H,87,88)/b7-5-,8-6-,13-11-,14-12-,19-17-,20-18-,25-23-,26-24-,31-29-,32-30-,37-35-,42-40-. The molecule has 0 amide bonds. The molecule has 0 bridgehead atoms. The quantitative estimate of drug-likeness (QED) is 0.0264. The summed E-state index contributed by atoms with van der Waals surface area (Å²) in [6, 6.07) is 0. The molecule has 3 N–H and O–H groups in total. The highest BCUT2D eigenvalue weighted by atomic mass is 31.2. The number of hydrogen-bond donors (Lipinski definition) is 2. The van der Waals surface area contributed by atoms with Gasteiger partial charge in [0.25, 0.3) is 0 Å². The summed E-state index contributed by atoms with van der Waals surface area (Å²) in [4.78, 5) is 35.5. The number of rotatable bonds is 71. The van der Waals surface area contributed by atoms with Gasteiger partial charge in [-0.2, -0.15) is 0 Å². The lowest BCUT2D eigenvalue weighted by molar-refractivity contribution is -0.161. The van der Waals surface area contributed by atoms with Gasteiger partial charge in [-0.1, -0.05) is 352 Å². The smallest absolute Gasteiger partial charge is 0.462 e. The number of phosphoric acid groups is 1. The summed E-state index contributed by atoms with van der Waals surface area (Å²) >= 11 is 0. The first kappa shape index (κ1) is 88.9. The van der Waals surface area contributed by atoms with E-state index in [-0.39, 0.29) is 38.6 Å². The Kier molecular flexibility index (Phi) is 73.5. The molecule has 0 heterocycles. The summed E-state index contributed by atoms with van der Waals surface area (Å²) < 4.78 is 33.3. The lowest BCUT2D eigenvalue weighted by atomic mass is 10.0. The van der Waals surface area contributed by atoms with Gasteiger partial charge in [-0.25, -0.2) is 4.57 Å². The van der Waals surface area contributed by atoms with Crippen LogP contribution in [-0.4, -0.2) is 49.3 Å². The molecule has 532 valence electrons. The van der Waals surface area contributed by atoms with Crippen LogP contribution in [0.15, 0.2) is 146 Å². The van der Waals surface area contributed by atoms with Crippen molar-refractivity contribution in [1.29, 1.82) is 0 Å². The molecule has 0 aliphatic carbocycles. The molecule has 0 aliphatic rings. The van der Waals surface area contributed by atoms with E-state index in [4.69, 9.17) is 24.3 Å². The number of nitrogens with two attached hydrogens (primary N) is 1. The third kappa shape index (κ3) is 76.8. The fraction of sp³-hybridized carbons (Fsp3) is 0.687. The number of unbranched alkanes of at least 4 members (excludes halogenated alkanes) is 34. The number of hydrogen-bond acceptors (Lipinski definition) is 8. The Hall–Kier alpha value is -4.11. The van der Waals surface area contributed by atoms with Gasteiger partial charge < -0.3 is 20.1 Å². The molecule has 9 nitrogen and oxygen atoms in total. The molecule has 93 heavy (non-hydrogen) atoms. The monoisotopic (exact) mass is 1310 g/mol. The molecule has 0 aliphatic heterocycles. The Morgan fingerprint density at radius 3 is 0.828 bits per heavy atom. The summed E-state index contributed by atoms with van der Waals surface area (Å²) in [6.07, 6.45) is 111. The first-order chi connectivity index (χ1) is 45.8. The molecule has 0 saturated heterocycles. The molecule has 0 saturated carbocycles. The Bertz CT molecular complexity index is 2040. The van der Waals surface area contributed by atoms with Crippen LogP contribution in [0.5, 0.6) is 0 Å². The van der Waals surface area contributed by atoms with Crippen molar-refractivity contribution in [2.24, 2.45) is 5.73 Å². The van der Waals surface area contributed by atoms with Gasteiger partial charge in [0.2, 0.25) is 0 Å². The summed E-state index contributed by atoms with van der Waals surface area (Å²) in [5.74, 6) is -0.820. The van der Waals surface area contributed by atoms with Crippen molar-refractivity contribution in [3.63, 3.8) is 0 Å². The third-order valence-electron chi connectivity index (χ3n) is 16.2. The second kappa shape index (κ2) is 76.9. The first-order valence-corrected chi connectivity index (χ1v) is 39.8. The number of ether oxygens (including phenoxy) is 2. The van der Waals surface area contributed by atoms with Gasteiger partial charge in [0.15, 0.2) is 6.10 Å². The fourth-order valence-corrected chi connectivity index (χ4v) is 11.4. The SMILES string of the molecule is CC/C=C\C/C=C\C/C=C\C/C=C\C/C=C\C/C=C\C/C=C\CCCCCCCCCCCCCCCCCC(=O)OC(COC(=O)CCCCCCCCCCCCCCCCCCCCC/C=C\C/C=C\C/C=C\C/C=C\C/C=C\CC)COP(=O)(O)OCCN. The van der Waals surface area contributed by atoms with E-state index in [9.17, 15) is 19.0 Å². The summed E-state index contributed by atoms with van der Waals surface area (Å²) in [7, 11) is -4.40. The van der Waals surface area contributed by atoms with Gasteiger partial charge in [0, 0.05) is 19.4 Å². The third-order valence-corrected chi connectivity index (χ3v) is 17.2. The van der Waals surface area contributed by atoms with Crippen molar-refractivity contribution in [3.8, 4) is 0 Å². The number of carbonyl (C=O) groups excluding carboxylic acids is 2. The van der Waals surface area contributed by atoms with Crippen molar-refractivity contribution in [2.75, 3.05) is 26.4 Å². The van der Waals surface area contributed by atoms with Crippen LogP contribution < -0.4 is 5.73 Å². The number of esters is 2. The number of phosphoric ester groups is 1. The Morgan fingerprint density at radius 2 is 0.559 bits per heavy atom. The molecule has 0 spiro atoms. The molecule has 0 aromatic rings. The van der Waals surface area contributed by atoms with E-state index < -0.39 is 26.5 Å². The summed E-state index contributed by atoms with van der Waals surface area (Å²) in [5.41, 5.74) is 5.41. The van der Waals surface area contributed by atoms with E-state index in [1.807, 2.05) is 0 Å². The lowest BCUT2D eigenvalue weighted by Gasteiger charge is -2.19. The zero-order chi connectivity index (χ0) is 67.2. The minimum absolute atomic E-state index is 0.0498. The minimum atomic E-state index is -4.40. The average Bonchev–Trinajstić information content (AvgIpc) is 3.04. The largest absolute Gasteiger partial charge is 0.472 e. The molecule has 0 fully saturated rings. The molecule has 0 aromatic carbocycles. The molecule has 0 radical (unpaired) electrons. The maximum atomic E-state index is 12.8. The zero-order valence-electron chi connectivity index (χ0n) is 59.9. The predicted molar refractivity (Wildman–Crippen MR) is 404 cm³/mol. The van der Waals surface area contributed by atoms with Crippen LogP contribution >= 0.6 is 7.82 Å². The highest BCUT2D eigenvalue weighted by Crippen LogP contribution is 2.43. The molecule has 0 rings (SSSR count). The van der Waals surface area contributed by atoms with Crippen molar-refractivity contribution < 1.29 is 37.6 Å². The van der Waals surface area contributed by atoms with Crippen molar-refractivity contribution >= 4 is 19.8 Å². The Balaban J connectivity index is 3.85. The number of allylic oxidation sites excluding steroid dienone is 24. The summed E-state index contributed by atoms with van der Waals surface area (Å²) in [6.45, 7) is 3.55. The van der Waals surface area contributed by atoms with Gasteiger partial charge >= 0.3 is 19.8 Å². The molecule has 10 heteroatoms. The van der Waals surface area contributed by atoms with Gasteiger partial charge in [-0.15, -0.1) is 0 Å². The Morgan fingerprint density at radius 1 is 0.323 bits per heavy atom. The van der Waals surface area contributed by atoms with Crippen molar-refractivity contribution in [3.05, 3.63) is 146 Å². The van der Waals surface area contributed by atoms with E-state index >= 15 is 0 Å². The maximum absolute atomic E-state index is 12.8. The molecule has 2 atom stereocenters. The van der Waals surface area contributed by atoms with Crippen LogP contribution in [0.2, 0.25) is 0 Å². The second-order valence-electron chi connectivity index (χ2n) is 25.1. The van der Waals surface area contributed by atoms with Crippen LogP contribution in [0.4, 0.5) is 0 Å². The van der Waals surface area contributed by atoms with Gasteiger partial charge in [-0.3, -0.25) is 18.6 Å². The molecular weight excluding hydrogens is 1170 g/mol. The maximum Gasteiger partial charge on any atom is 0.472 e. The van der Waals surface area contributed by atoms with E-state index in [0.717, 1.165) is 116 Å². The highest BCUT2D eigenvalue weighted by molar-refractivity contribution is 7.47. The zero-order valence-corrected chi connectivity index (χ0v) is 60.8. The number of carbonyl (C=O) groups is 2. The van der Waals surface area contributed by atoms with Crippen LogP contribution in [0, 0.1) is 0 Å². The van der Waals surface area contributed by atoms with Crippen molar-refractivity contribution in [2.45, 2.75) is 341 Å². The van der Waals surface area contributed by atoms with E-state index in [1.165, 1.54) is 186 Å². The predicted octanol–water partition coefficient (Wildman–Crippen LogP) is 25.8. The second-order valence-corrected chi connectivity index (χ2v) is 26.6. The fourth-order valence-electron chi connectivity index (χ4n) is 10.6. The van der Waals surface area contributed by atoms with E-state index in [1.54, 1.807) is 0 Å². The van der Waals surface area contributed by atoms with E-state index in [0.29, 0.717) is 6.42 Å². The Labute approximate surface area is 573 Å². The molecular formula is C83H142NO8P. The van der Waals surface area contributed by atoms with Crippen LogP contribution in [0.25, 0.3) is 0 Å². The first-order valence-electron chi connectivity index (χ1n) is 38.3. The normalized spacial score (nSPS) is 13.7. The van der Waals surface area contributed by atoms with Gasteiger partial charge in [0.05, 0.1) is 13.2 Å². The van der Waals surface area contributed by atoms with Gasteiger partial charge in [0.1, 0.15) is 6.61 Å². The topological polar surface area (TPSA) is 134 Å². The van der Waals surface area contributed by atoms with Gasteiger partial charge in [-0.05, 0) is 116 Å². The molecule has 2 unspecified atom stereocenters. The summed E-state index contributed by atoms with van der Waals surface area (Å²) in [5, 5.41) is 0. The van der Waals surface area contributed by atoms with Crippen LogP contribution in [-0.2, 0) is 32.7 Å². The highest BCUT2D eigenvalue weighted by Gasteiger charge is 2.26. The average molecular weight is 1310 g/mol.